The summed E-state index contributed by atoms with van der Waals surface area (Å²) in [5.41, 5.74) is 4.86. The highest BCUT2D eigenvalue weighted by Gasteiger charge is 2.38. The Morgan fingerprint density at radius 2 is 1.66 bits per heavy atom. The highest BCUT2D eigenvalue weighted by atomic mass is 35.5. The van der Waals surface area contributed by atoms with Gasteiger partial charge < -0.3 is 35.4 Å². The molecule has 256 valence electrons. The average Bonchev–Trinajstić information content (AvgIpc) is 3.52. The van der Waals surface area contributed by atoms with Crippen molar-refractivity contribution < 1.29 is 32.3 Å². The van der Waals surface area contributed by atoms with Gasteiger partial charge in [0.05, 0.1) is 28.5 Å². The Hall–Kier alpha value is -3.23. The molecule has 0 aliphatic carbocycles. The minimum absolute atomic E-state index is 0.0781. The molecule has 3 saturated heterocycles. The van der Waals surface area contributed by atoms with Gasteiger partial charge in [0, 0.05) is 49.6 Å². The maximum absolute atomic E-state index is 13.9. The first kappa shape index (κ1) is 33.7. The van der Waals surface area contributed by atoms with Crippen molar-refractivity contribution >= 4 is 52.3 Å². The molecule has 1 atom stereocenters. The average molecular weight is 697 g/mol. The summed E-state index contributed by atoms with van der Waals surface area (Å²) < 4.78 is 47.1. The van der Waals surface area contributed by atoms with Crippen LogP contribution in [0, 0.1) is 0 Å². The molecule has 4 aliphatic heterocycles. The van der Waals surface area contributed by atoms with Crippen LogP contribution in [0.2, 0.25) is 5.02 Å². The number of nitrogen functional groups attached to an aromatic ring is 1. The number of piperidine rings is 3. The van der Waals surface area contributed by atoms with Crippen LogP contribution in [0.15, 0.2) is 23.6 Å². The summed E-state index contributed by atoms with van der Waals surface area (Å²) >= 11 is 7.67. The monoisotopic (exact) mass is 696 g/mol. The van der Waals surface area contributed by atoms with E-state index >= 15 is 0 Å². The van der Waals surface area contributed by atoms with Crippen LogP contribution in [0.5, 0.6) is 0 Å². The molecule has 15 heteroatoms. The summed E-state index contributed by atoms with van der Waals surface area (Å²) in [6.45, 7) is 4.15. The van der Waals surface area contributed by atoms with E-state index in [0.717, 1.165) is 42.6 Å². The molecule has 0 radical (unpaired) electrons. The number of thiophene rings is 1. The molecule has 0 saturated carbocycles. The van der Waals surface area contributed by atoms with E-state index in [9.17, 15) is 27.6 Å². The molecule has 1 aromatic heterocycles. The minimum atomic E-state index is -4.75. The summed E-state index contributed by atoms with van der Waals surface area (Å²) in [6, 6.07) is 4.16. The molecule has 0 bridgehead atoms. The molecule has 5 heterocycles. The highest BCUT2D eigenvalue weighted by molar-refractivity contribution is 7.10. The number of rotatable bonds is 6. The van der Waals surface area contributed by atoms with Crippen molar-refractivity contribution in [1.29, 1.82) is 0 Å². The Labute approximate surface area is 280 Å². The van der Waals surface area contributed by atoms with Crippen LogP contribution < -0.4 is 11.1 Å². The van der Waals surface area contributed by atoms with E-state index in [2.05, 4.69) is 10.2 Å². The first-order chi connectivity index (χ1) is 22.5. The smallest absolute Gasteiger partial charge is 0.418 e. The second-order valence-corrected chi connectivity index (χ2v) is 14.2. The van der Waals surface area contributed by atoms with E-state index in [1.54, 1.807) is 21.1 Å². The van der Waals surface area contributed by atoms with Crippen LogP contribution in [0.25, 0.3) is 0 Å². The van der Waals surface area contributed by atoms with Gasteiger partial charge in [0.25, 0.3) is 5.91 Å². The number of amides is 4. The van der Waals surface area contributed by atoms with Gasteiger partial charge in [0.1, 0.15) is 0 Å². The summed E-state index contributed by atoms with van der Waals surface area (Å²) in [6.07, 6.45) is -0.936. The lowest BCUT2D eigenvalue weighted by Crippen LogP contribution is -2.53. The molecule has 0 spiro atoms. The highest BCUT2D eigenvalue weighted by Crippen LogP contribution is 2.38. The fourth-order valence-corrected chi connectivity index (χ4v) is 8.27. The lowest BCUT2D eigenvalue weighted by atomic mass is 9.98. The number of carbonyl (C=O) groups excluding carboxylic acids is 3. The molecule has 3 fully saturated rings. The number of alkyl halides is 3. The van der Waals surface area contributed by atoms with Gasteiger partial charge in [-0.2, -0.15) is 13.2 Å². The summed E-state index contributed by atoms with van der Waals surface area (Å²) in [7, 11) is 0. The number of likely N-dealkylation sites (tertiary alicyclic amines) is 3. The van der Waals surface area contributed by atoms with Gasteiger partial charge >= 0.3 is 18.3 Å². The first-order valence-electron chi connectivity index (χ1n) is 16.3. The predicted octanol–water partition coefficient (Wildman–Crippen LogP) is 6.04. The van der Waals surface area contributed by atoms with E-state index in [1.165, 1.54) is 30.2 Å². The molecular formula is C32H40ClF3N6O4S. The molecule has 1 aromatic carbocycles. The lowest BCUT2D eigenvalue weighted by molar-refractivity contribution is -0.142. The van der Waals surface area contributed by atoms with Crippen LogP contribution in [0.3, 0.4) is 0 Å². The van der Waals surface area contributed by atoms with E-state index in [4.69, 9.17) is 22.1 Å². The van der Waals surface area contributed by atoms with Gasteiger partial charge in [-0.05, 0) is 80.8 Å². The van der Waals surface area contributed by atoms with Crippen molar-refractivity contribution in [1.82, 2.24) is 19.6 Å². The molecule has 2 aromatic rings. The number of nitrogens with zero attached hydrogens (tertiary/aromatic N) is 4. The van der Waals surface area contributed by atoms with Crippen LogP contribution >= 0.6 is 22.9 Å². The largest absolute Gasteiger partial charge is 0.436 e. The molecule has 47 heavy (non-hydrogen) atoms. The number of anilines is 2. The summed E-state index contributed by atoms with van der Waals surface area (Å²) in [5.74, 6) is -0.441. The van der Waals surface area contributed by atoms with Gasteiger partial charge in [-0.1, -0.05) is 18.0 Å². The Bertz CT molecular complexity index is 1470. The van der Waals surface area contributed by atoms with E-state index in [-0.39, 0.29) is 29.1 Å². The van der Waals surface area contributed by atoms with Gasteiger partial charge in [-0.3, -0.25) is 4.79 Å². The second-order valence-electron chi connectivity index (χ2n) is 12.8. The van der Waals surface area contributed by atoms with E-state index in [1.807, 2.05) is 11.4 Å². The van der Waals surface area contributed by atoms with Crippen molar-refractivity contribution in [3.63, 3.8) is 0 Å². The van der Waals surface area contributed by atoms with Crippen molar-refractivity contribution in [2.24, 2.45) is 0 Å². The van der Waals surface area contributed by atoms with Crippen molar-refractivity contribution in [2.75, 3.05) is 50.3 Å². The number of hydrogen-bond acceptors (Lipinski definition) is 7. The second kappa shape index (κ2) is 14.1. The molecular weight excluding hydrogens is 657 g/mol. The number of nitrogens with two attached hydrogens (primary N) is 1. The number of hydrogen-bond donors (Lipinski definition) is 2. The zero-order valence-corrected chi connectivity index (χ0v) is 27.6. The third-order valence-corrected chi connectivity index (χ3v) is 11.1. The van der Waals surface area contributed by atoms with Crippen LogP contribution in [-0.2, 0) is 28.7 Å². The normalized spacial score (nSPS) is 20.9. The summed E-state index contributed by atoms with van der Waals surface area (Å²) in [5, 5.41) is 4.57. The molecule has 0 unspecified atom stereocenters. The minimum Gasteiger partial charge on any atom is -0.436 e. The number of nitrogens with one attached hydrogen (secondary N) is 1. The SMILES string of the molecule is Nc1c(Cl)cc(C[C@@H](OC(=O)N2CCC(N3Cc4sccc4NC3=O)CC2)C(=O)N2CCC(N3CCCCC3)CC2)cc1C(F)(F)F. The van der Waals surface area contributed by atoms with Gasteiger partial charge in [0.2, 0.25) is 0 Å². The fourth-order valence-electron chi connectivity index (χ4n) is 7.20. The van der Waals surface area contributed by atoms with Crippen LogP contribution in [-0.4, -0.2) is 95.1 Å². The quantitative estimate of drug-likeness (QED) is 0.357. The zero-order valence-electron chi connectivity index (χ0n) is 26.1. The van der Waals surface area contributed by atoms with Gasteiger partial charge in [-0.25, -0.2) is 9.59 Å². The number of benzene rings is 1. The maximum atomic E-state index is 13.9. The fraction of sp³-hybridized carbons (Fsp3) is 0.594. The molecule has 3 N–H and O–H groups in total. The standard InChI is InChI=1S/C32H40ClF3N6O4S/c33-24-17-20(16-23(28(24)37)32(34,35)36)18-26(29(43)40-11-4-21(5-12-40)39-9-2-1-3-10-39)46-31(45)41-13-6-22(7-14-41)42-19-27-25(8-15-47-27)38-30(42)44/h8,15-17,21-22,26H,1-7,9-14,18-19,37H2,(H,38,44)/t26-/m1/s1. The molecule has 4 aliphatic rings. The lowest BCUT2D eigenvalue weighted by Gasteiger charge is -2.41. The first-order valence-corrected chi connectivity index (χ1v) is 17.5. The van der Waals surface area contributed by atoms with Crippen LogP contribution in [0.1, 0.15) is 60.9 Å². The predicted molar refractivity (Wildman–Crippen MR) is 173 cm³/mol. The number of fused-ring (bicyclic) bond motifs is 1. The summed E-state index contributed by atoms with van der Waals surface area (Å²) in [4.78, 5) is 48.6. The Kier molecular flexibility index (Phi) is 10.1. The number of urea groups is 1. The number of halogens is 4. The van der Waals surface area contributed by atoms with Crippen LogP contribution in [0.4, 0.5) is 34.1 Å². The molecule has 4 amide bonds. The molecule has 6 rings (SSSR count). The Balaban J connectivity index is 1.13. The third kappa shape index (κ3) is 7.59. The van der Waals surface area contributed by atoms with Gasteiger partial charge in [-0.15, -0.1) is 11.3 Å². The van der Waals surface area contributed by atoms with E-state index < -0.39 is 35.5 Å². The topological polar surface area (TPSA) is 111 Å². The number of carbonyl (C=O) groups is 3. The van der Waals surface area contributed by atoms with E-state index in [0.29, 0.717) is 51.6 Å². The van der Waals surface area contributed by atoms with Crippen molar-refractivity contribution in [2.45, 2.75) is 82.3 Å². The van der Waals surface area contributed by atoms with Crippen molar-refractivity contribution in [3.8, 4) is 0 Å². The zero-order chi connectivity index (χ0) is 33.3. The number of ether oxygens (including phenoxy) is 1. The Morgan fingerprint density at radius 3 is 2.34 bits per heavy atom. The van der Waals surface area contributed by atoms with Crippen molar-refractivity contribution in [3.05, 3.63) is 44.6 Å². The molecule has 10 nitrogen and oxygen atoms in total. The third-order valence-electron chi connectivity index (χ3n) is 9.84. The maximum Gasteiger partial charge on any atom is 0.418 e. The Morgan fingerprint density at radius 1 is 1.00 bits per heavy atom. The van der Waals surface area contributed by atoms with Gasteiger partial charge in [0.15, 0.2) is 6.10 Å².